The van der Waals surface area contributed by atoms with Crippen molar-refractivity contribution in [2.45, 2.75) is 45.8 Å². The number of hydrogen-bond donors (Lipinski definition) is 1. The first kappa shape index (κ1) is 12.4. The molecule has 2 aromatic heterocycles. The van der Waals surface area contributed by atoms with Crippen molar-refractivity contribution in [1.29, 1.82) is 0 Å². The first-order chi connectivity index (χ1) is 9.38. The molecule has 1 N–H and O–H groups in total. The minimum Gasteiger partial charge on any atom is -0.336 e. The molecule has 1 aliphatic rings. The van der Waals surface area contributed by atoms with Gasteiger partial charge in [-0.3, -0.25) is 0 Å². The molecule has 0 saturated heterocycles. The Kier molecular flexibility index (Phi) is 3.64. The average molecular weight is 259 g/mol. The normalized spacial score (nSPS) is 14.6. The summed E-state index contributed by atoms with van der Waals surface area (Å²) in [6.07, 6.45) is 9.04. The van der Waals surface area contributed by atoms with E-state index in [9.17, 15) is 0 Å². The fourth-order valence-electron chi connectivity index (χ4n) is 2.74. The van der Waals surface area contributed by atoms with Gasteiger partial charge < -0.3 is 14.5 Å². The predicted octanol–water partition coefficient (Wildman–Crippen LogP) is 1.38. The number of fused-ring (bicyclic) bond motifs is 1. The smallest absolute Gasteiger partial charge is 0.109 e. The third-order valence-electron chi connectivity index (χ3n) is 3.68. The van der Waals surface area contributed by atoms with Gasteiger partial charge in [-0.2, -0.15) is 0 Å². The van der Waals surface area contributed by atoms with Crippen LogP contribution < -0.4 is 5.32 Å². The molecule has 0 bridgehead atoms. The fourth-order valence-corrected chi connectivity index (χ4v) is 2.74. The van der Waals surface area contributed by atoms with E-state index in [1.54, 1.807) is 0 Å². The van der Waals surface area contributed by atoms with Gasteiger partial charge in [0.2, 0.25) is 0 Å². The molecule has 2 aromatic rings. The van der Waals surface area contributed by atoms with Crippen molar-refractivity contribution >= 4 is 0 Å². The Morgan fingerprint density at radius 3 is 3.11 bits per heavy atom. The molecule has 0 aliphatic carbocycles. The summed E-state index contributed by atoms with van der Waals surface area (Å²) in [6, 6.07) is 0. The minimum absolute atomic E-state index is 0.921. The zero-order valence-corrected chi connectivity index (χ0v) is 11.5. The molecule has 0 amide bonds. The van der Waals surface area contributed by atoms with E-state index in [0.29, 0.717) is 0 Å². The van der Waals surface area contributed by atoms with Gasteiger partial charge in [0.15, 0.2) is 0 Å². The minimum atomic E-state index is 0.921. The van der Waals surface area contributed by atoms with Crippen molar-refractivity contribution in [2.75, 3.05) is 6.54 Å². The molecular formula is C14H21N5. The molecule has 3 heterocycles. The first-order valence-electron chi connectivity index (χ1n) is 7.12. The quantitative estimate of drug-likeness (QED) is 0.882. The summed E-state index contributed by atoms with van der Waals surface area (Å²) in [5, 5.41) is 3.40. The lowest BCUT2D eigenvalue weighted by atomic mass is 10.2. The highest BCUT2D eigenvalue weighted by Crippen LogP contribution is 2.17. The molecule has 102 valence electrons. The van der Waals surface area contributed by atoms with Crippen LogP contribution in [0, 0.1) is 0 Å². The van der Waals surface area contributed by atoms with Crippen LogP contribution in [0.4, 0.5) is 0 Å². The summed E-state index contributed by atoms with van der Waals surface area (Å²) in [5.41, 5.74) is 2.68. The van der Waals surface area contributed by atoms with Crippen LogP contribution in [0.5, 0.6) is 0 Å². The molecule has 1 aliphatic heterocycles. The summed E-state index contributed by atoms with van der Waals surface area (Å²) in [5.74, 6) is 1.25. The van der Waals surface area contributed by atoms with E-state index in [2.05, 4.69) is 26.4 Å². The fraction of sp³-hybridized carbons (Fsp3) is 0.571. The van der Waals surface area contributed by atoms with Crippen molar-refractivity contribution in [1.82, 2.24) is 24.4 Å². The van der Waals surface area contributed by atoms with Crippen LogP contribution in [0.1, 0.15) is 30.6 Å². The van der Waals surface area contributed by atoms with Crippen LogP contribution in [0.2, 0.25) is 0 Å². The number of nitrogens with zero attached hydrogens (tertiary/aromatic N) is 4. The second-order valence-corrected chi connectivity index (χ2v) is 5.05. The summed E-state index contributed by atoms with van der Waals surface area (Å²) in [4.78, 5) is 8.91. The maximum absolute atomic E-state index is 4.82. The van der Waals surface area contributed by atoms with Crippen molar-refractivity contribution in [3.05, 3.63) is 35.9 Å². The molecule has 0 atom stereocenters. The maximum Gasteiger partial charge on any atom is 0.109 e. The molecule has 5 nitrogen and oxygen atoms in total. The highest BCUT2D eigenvalue weighted by atomic mass is 15.1. The molecule has 0 radical (unpaired) electrons. The van der Waals surface area contributed by atoms with E-state index >= 15 is 0 Å². The van der Waals surface area contributed by atoms with Gasteiger partial charge in [0, 0.05) is 57.1 Å². The Morgan fingerprint density at radius 2 is 2.32 bits per heavy atom. The topological polar surface area (TPSA) is 47.7 Å². The predicted molar refractivity (Wildman–Crippen MR) is 73.9 cm³/mol. The number of rotatable bonds is 5. The van der Waals surface area contributed by atoms with Gasteiger partial charge in [0.05, 0.1) is 12.0 Å². The molecule has 0 fully saturated rings. The summed E-state index contributed by atoms with van der Waals surface area (Å²) in [7, 11) is 0. The lowest BCUT2D eigenvalue weighted by molar-refractivity contribution is 0.526. The van der Waals surface area contributed by atoms with Crippen LogP contribution in [0.3, 0.4) is 0 Å². The average Bonchev–Trinajstić information content (AvgIpc) is 3.04. The molecule has 0 saturated carbocycles. The van der Waals surface area contributed by atoms with E-state index in [-0.39, 0.29) is 0 Å². The Hall–Kier alpha value is -1.62. The number of imidazole rings is 2. The highest BCUT2D eigenvalue weighted by Gasteiger charge is 2.18. The molecular weight excluding hydrogens is 238 g/mol. The van der Waals surface area contributed by atoms with Crippen LogP contribution in [-0.4, -0.2) is 25.6 Å². The maximum atomic E-state index is 4.82. The Labute approximate surface area is 113 Å². The summed E-state index contributed by atoms with van der Waals surface area (Å²) >= 11 is 0. The largest absolute Gasteiger partial charge is 0.336 e. The third kappa shape index (κ3) is 2.56. The van der Waals surface area contributed by atoms with E-state index in [4.69, 9.17) is 4.98 Å². The zero-order chi connectivity index (χ0) is 13.1. The van der Waals surface area contributed by atoms with Gasteiger partial charge in [-0.25, -0.2) is 9.97 Å². The number of aryl methyl sites for hydroxylation is 2. The van der Waals surface area contributed by atoms with Gasteiger partial charge in [-0.15, -0.1) is 0 Å². The van der Waals surface area contributed by atoms with Gasteiger partial charge in [0.25, 0.3) is 0 Å². The lowest BCUT2D eigenvalue weighted by Gasteiger charge is -2.16. The SMILES string of the molecule is CCCc1nc2c(n1CCn1ccnc1)CCNC2. The highest BCUT2D eigenvalue weighted by molar-refractivity contribution is 5.20. The monoisotopic (exact) mass is 259 g/mol. The molecule has 3 rings (SSSR count). The van der Waals surface area contributed by atoms with Crippen molar-refractivity contribution < 1.29 is 0 Å². The molecule has 0 spiro atoms. The first-order valence-corrected chi connectivity index (χ1v) is 7.12. The van der Waals surface area contributed by atoms with E-state index < -0.39 is 0 Å². The van der Waals surface area contributed by atoms with E-state index in [1.165, 1.54) is 17.2 Å². The number of aromatic nitrogens is 4. The van der Waals surface area contributed by atoms with Gasteiger partial charge in [-0.1, -0.05) is 6.92 Å². The van der Waals surface area contributed by atoms with Crippen LogP contribution in [-0.2, 0) is 32.5 Å². The van der Waals surface area contributed by atoms with Crippen molar-refractivity contribution in [2.24, 2.45) is 0 Å². The Morgan fingerprint density at radius 1 is 1.37 bits per heavy atom. The zero-order valence-electron chi connectivity index (χ0n) is 11.5. The van der Waals surface area contributed by atoms with Crippen LogP contribution in [0.15, 0.2) is 18.7 Å². The van der Waals surface area contributed by atoms with Gasteiger partial charge in [-0.05, 0) is 6.42 Å². The van der Waals surface area contributed by atoms with Gasteiger partial charge in [0.1, 0.15) is 5.82 Å². The lowest BCUT2D eigenvalue weighted by Crippen LogP contribution is -2.25. The van der Waals surface area contributed by atoms with Crippen LogP contribution in [0.25, 0.3) is 0 Å². The standard InChI is InChI=1S/C14H21N5/c1-2-3-14-17-12-10-15-5-4-13(12)19(14)9-8-18-7-6-16-11-18/h6-7,11,15H,2-5,8-10H2,1H3. The second kappa shape index (κ2) is 5.57. The third-order valence-corrected chi connectivity index (χ3v) is 3.68. The number of nitrogens with one attached hydrogen (secondary N) is 1. The second-order valence-electron chi connectivity index (χ2n) is 5.05. The molecule has 19 heavy (non-hydrogen) atoms. The Bertz CT molecular complexity index is 526. The Balaban J connectivity index is 1.82. The van der Waals surface area contributed by atoms with Crippen molar-refractivity contribution in [3.63, 3.8) is 0 Å². The summed E-state index contributed by atoms with van der Waals surface area (Å²) in [6.45, 7) is 6.16. The molecule has 0 aromatic carbocycles. The summed E-state index contributed by atoms with van der Waals surface area (Å²) < 4.78 is 4.56. The molecule has 5 heteroatoms. The van der Waals surface area contributed by atoms with Crippen molar-refractivity contribution in [3.8, 4) is 0 Å². The van der Waals surface area contributed by atoms with Gasteiger partial charge >= 0.3 is 0 Å². The van der Waals surface area contributed by atoms with E-state index in [1.807, 2.05) is 18.7 Å². The van der Waals surface area contributed by atoms with E-state index in [0.717, 1.165) is 45.4 Å². The van der Waals surface area contributed by atoms with Crippen LogP contribution >= 0.6 is 0 Å². The number of hydrogen-bond acceptors (Lipinski definition) is 3. The molecule has 0 unspecified atom stereocenters.